The van der Waals surface area contributed by atoms with E-state index in [9.17, 15) is 0 Å². The molecule has 3 nitrogen and oxygen atoms in total. The van der Waals surface area contributed by atoms with Gasteiger partial charge in [-0.3, -0.25) is 11.3 Å². The van der Waals surface area contributed by atoms with Crippen LogP contribution in [-0.4, -0.2) is 13.2 Å². The molecule has 1 fully saturated rings. The summed E-state index contributed by atoms with van der Waals surface area (Å²) in [4.78, 5) is 0. The lowest BCUT2D eigenvalue weighted by Crippen LogP contribution is -2.34. The standard InChI is InChI=1S/C12H17BrN2O/c1-8-2-3-10(11(13)6-8)12(15-14)9-4-5-16-7-9/h2-3,6,9,12,15H,4-5,7,14H2,1H3. The lowest BCUT2D eigenvalue weighted by molar-refractivity contribution is 0.176. The van der Waals surface area contributed by atoms with Crippen LogP contribution in [0.25, 0.3) is 0 Å². The number of hydrazine groups is 1. The molecule has 1 heterocycles. The topological polar surface area (TPSA) is 47.3 Å². The second-order valence-electron chi connectivity index (χ2n) is 4.29. The monoisotopic (exact) mass is 284 g/mol. The van der Waals surface area contributed by atoms with Crippen molar-refractivity contribution in [2.24, 2.45) is 11.8 Å². The second kappa shape index (κ2) is 5.27. The van der Waals surface area contributed by atoms with Gasteiger partial charge in [0.25, 0.3) is 0 Å². The number of ether oxygens (including phenoxy) is 1. The van der Waals surface area contributed by atoms with E-state index in [1.807, 2.05) is 0 Å². The Labute approximate surface area is 104 Å². The summed E-state index contributed by atoms with van der Waals surface area (Å²) in [7, 11) is 0. The normalized spacial score (nSPS) is 22.3. The van der Waals surface area contributed by atoms with Gasteiger partial charge in [0.1, 0.15) is 0 Å². The lowest BCUT2D eigenvalue weighted by Gasteiger charge is -2.23. The summed E-state index contributed by atoms with van der Waals surface area (Å²) in [5.41, 5.74) is 5.37. The average molecular weight is 285 g/mol. The molecule has 1 aromatic carbocycles. The molecule has 1 aromatic rings. The minimum absolute atomic E-state index is 0.164. The van der Waals surface area contributed by atoms with E-state index in [2.05, 4.69) is 46.5 Å². The lowest BCUT2D eigenvalue weighted by atomic mass is 9.92. The zero-order valence-electron chi connectivity index (χ0n) is 9.37. The van der Waals surface area contributed by atoms with E-state index in [4.69, 9.17) is 10.6 Å². The van der Waals surface area contributed by atoms with Gasteiger partial charge in [-0.2, -0.15) is 0 Å². The Kier molecular flexibility index (Phi) is 3.97. The van der Waals surface area contributed by atoms with Crippen molar-refractivity contribution < 1.29 is 4.74 Å². The number of hydrogen-bond acceptors (Lipinski definition) is 3. The van der Waals surface area contributed by atoms with Gasteiger partial charge in [0.2, 0.25) is 0 Å². The molecule has 2 rings (SSSR count). The summed E-state index contributed by atoms with van der Waals surface area (Å²) < 4.78 is 6.53. The summed E-state index contributed by atoms with van der Waals surface area (Å²) in [5, 5.41) is 0. The Balaban J connectivity index is 2.25. The Morgan fingerprint density at radius 1 is 1.56 bits per heavy atom. The highest BCUT2D eigenvalue weighted by atomic mass is 79.9. The predicted molar refractivity (Wildman–Crippen MR) is 67.9 cm³/mol. The van der Waals surface area contributed by atoms with Gasteiger partial charge in [0.15, 0.2) is 0 Å². The maximum Gasteiger partial charge on any atom is 0.0522 e. The first-order valence-electron chi connectivity index (χ1n) is 5.52. The molecule has 1 aliphatic rings. The fourth-order valence-corrected chi connectivity index (χ4v) is 2.92. The number of aryl methyl sites for hydroxylation is 1. The minimum atomic E-state index is 0.164. The van der Waals surface area contributed by atoms with Gasteiger partial charge < -0.3 is 4.74 Å². The summed E-state index contributed by atoms with van der Waals surface area (Å²) in [5.74, 6) is 6.13. The molecular weight excluding hydrogens is 268 g/mol. The van der Waals surface area contributed by atoms with E-state index in [0.29, 0.717) is 5.92 Å². The SMILES string of the molecule is Cc1ccc(C(NN)C2CCOC2)c(Br)c1. The highest BCUT2D eigenvalue weighted by Gasteiger charge is 2.27. The molecular formula is C12H17BrN2O. The second-order valence-corrected chi connectivity index (χ2v) is 5.15. The first kappa shape index (κ1) is 12.0. The average Bonchev–Trinajstić information content (AvgIpc) is 2.75. The van der Waals surface area contributed by atoms with Crippen LogP contribution < -0.4 is 11.3 Å². The predicted octanol–water partition coefficient (Wildman–Crippen LogP) is 2.30. The summed E-state index contributed by atoms with van der Waals surface area (Å²) in [6.45, 7) is 3.71. The van der Waals surface area contributed by atoms with E-state index >= 15 is 0 Å². The van der Waals surface area contributed by atoms with Gasteiger partial charge in [-0.05, 0) is 30.5 Å². The van der Waals surface area contributed by atoms with Crippen LogP contribution in [0.2, 0.25) is 0 Å². The highest BCUT2D eigenvalue weighted by Crippen LogP contribution is 2.32. The van der Waals surface area contributed by atoms with Crippen molar-refractivity contribution >= 4 is 15.9 Å². The molecule has 16 heavy (non-hydrogen) atoms. The van der Waals surface area contributed by atoms with Crippen molar-refractivity contribution in [1.29, 1.82) is 0 Å². The number of halogens is 1. The molecule has 0 radical (unpaired) electrons. The van der Waals surface area contributed by atoms with Crippen molar-refractivity contribution in [2.45, 2.75) is 19.4 Å². The molecule has 0 saturated carbocycles. The van der Waals surface area contributed by atoms with Crippen LogP contribution in [0.4, 0.5) is 0 Å². The molecule has 1 saturated heterocycles. The van der Waals surface area contributed by atoms with Crippen LogP contribution in [-0.2, 0) is 4.74 Å². The van der Waals surface area contributed by atoms with Gasteiger partial charge >= 0.3 is 0 Å². The summed E-state index contributed by atoms with van der Waals surface area (Å²) in [6.07, 6.45) is 1.06. The molecule has 2 atom stereocenters. The van der Waals surface area contributed by atoms with Crippen molar-refractivity contribution in [3.63, 3.8) is 0 Å². The van der Waals surface area contributed by atoms with Crippen LogP contribution in [0.3, 0.4) is 0 Å². The van der Waals surface area contributed by atoms with Gasteiger partial charge in [0.05, 0.1) is 12.6 Å². The molecule has 0 aliphatic carbocycles. The third-order valence-corrected chi connectivity index (χ3v) is 3.79. The smallest absolute Gasteiger partial charge is 0.0522 e. The molecule has 0 aromatic heterocycles. The molecule has 0 spiro atoms. The number of benzene rings is 1. The zero-order valence-corrected chi connectivity index (χ0v) is 11.0. The van der Waals surface area contributed by atoms with Gasteiger partial charge in [-0.1, -0.05) is 28.1 Å². The van der Waals surface area contributed by atoms with Crippen LogP contribution in [0.5, 0.6) is 0 Å². The highest BCUT2D eigenvalue weighted by molar-refractivity contribution is 9.10. The van der Waals surface area contributed by atoms with Crippen LogP contribution in [0, 0.1) is 12.8 Å². The number of nitrogens with one attached hydrogen (secondary N) is 1. The maximum atomic E-state index is 5.67. The maximum absolute atomic E-state index is 5.67. The van der Waals surface area contributed by atoms with Crippen LogP contribution in [0.15, 0.2) is 22.7 Å². The first-order chi connectivity index (χ1) is 7.72. The summed E-state index contributed by atoms with van der Waals surface area (Å²) in [6, 6.07) is 6.52. The molecule has 88 valence electrons. The van der Waals surface area contributed by atoms with Gasteiger partial charge in [-0.25, -0.2) is 0 Å². The third kappa shape index (κ3) is 2.46. The molecule has 0 amide bonds. The molecule has 3 N–H and O–H groups in total. The molecule has 4 heteroatoms. The summed E-state index contributed by atoms with van der Waals surface area (Å²) >= 11 is 3.60. The number of rotatable bonds is 3. The van der Waals surface area contributed by atoms with E-state index < -0.39 is 0 Å². The van der Waals surface area contributed by atoms with Crippen molar-refractivity contribution in [3.8, 4) is 0 Å². The Morgan fingerprint density at radius 3 is 2.94 bits per heavy atom. The fourth-order valence-electron chi connectivity index (χ4n) is 2.18. The Bertz CT molecular complexity index is 364. The fraction of sp³-hybridized carbons (Fsp3) is 0.500. The Hall–Kier alpha value is -0.420. The first-order valence-corrected chi connectivity index (χ1v) is 6.31. The largest absolute Gasteiger partial charge is 0.381 e. The van der Waals surface area contributed by atoms with Crippen molar-refractivity contribution in [3.05, 3.63) is 33.8 Å². The van der Waals surface area contributed by atoms with E-state index in [1.54, 1.807) is 0 Å². The van der Waals surface area contributed by atoms with E-state index in [1.165, 1.54) is 11.1 Å². The number of hydrogen-bond donors (Lipinski definition) is 2. The van der Waals surface area contributed by atoms with Crippen LogP contribution >= 0.6 is 15.9 Å². The zero-order chi connectivity index (χ0) is 11.5. The van der Waals surface area contributed by atoms with E-state index in [0.717, 1.165) is 24.1 Å². The third-order valence-electron chi connectivity index (χ3n) is 3.11. The molecule has 1 aliphatic heterocycles. The van der Waals surface area contributed by atoms with E-state index in [-0.39, 0.29) is 6.04 Å². The molecule has 2 unspecified atom stereocenters. The van der Waals surface area contributed by atoms with Gasteiger partial charge in [-0.15, -0.1) is 0 Å². The Morgan fingerprint density at radius 2 is 2.38 bits per heavy atom. The quantitative estimate of drug-likeness (QED) is 0.661. The minimum Gasteiger partial charge on any atom is -0.381 e. The van der Waals surface area contributed by atoms with Crippen molar-refractivity contribution in [1.82, 2.24) is 5.43 Å². The van der Waals surface area contributed by atoms with Crippen LogP contribution in [0.1, 0.15) is 23.6 Å². The number of nitrogens with two attached hydrogens (primary N) is 1. The molecule has 0 bridgehead atoms. The van der Waals surface area contributed by atoms with Crippen molar-refractivity contribution in [2.75, 3.05) is 13.2 Å². The van der Waals surface area contributed by atoms with Gasteiger partial charge in [0, 0.05) is 17.0 Å².